The third-order valence-electron chi connectivity index (χ3n) is 3.61. The molecule has 1 atom stereocenters. The second-order valence-corrected chi connectivity index (χ2v) is 6.45. The Morgan fingerprint density at radius 3 is 3.00 bits per heavy atom. The third kappa shape index (κ3) is 3.12. The summed E-state index contributed by atoms with van der Waals surface area (Å²) < 4.78 is 2.08. The highest BCUT2D eigenvalue weighted by Gasteiger charge is 2.16. The number of aromatic nitrogens is 2. The van der Waals surface area contributed by atoms with Gasteiger partial charge >= 0.3 is 0 Å². The van der Waals surface area contributed by atoms with Crippen molar-refractivity contribution in [3.05, 3.63) is 57.8 Å². The number of likely N-dealkylation sites (N-methyl/N-ethyl adjacent to an activating group) is 1. The van der Waals surface area contributed by atoms with Crippen LogP contribution in [0, 0.1) is 6.92 Å². The number of hydrogen-bond donors (Lipinski definition) is 1. The van der Waals surface area contributed by atoms with Crippen molar-refractivity contribution in [3.63, 3.8) is 0 Å². The van der Waals surface area contributed by atoms with Gasteiger partial charge in [0.1, 0.15) is 0 Å². The van der Waals surface area contributed by atoms with Crippen LogP contribution in [0.25, 0.3) is 4.96 Å². The Morgan fingerprint density at radius 1 is 1.43 bits per heavy atom. The van der Waals surface area contributed by atoms with E-state index in [1.165, 1.54) is 11.1 Å². The van der Waals surface area contributed by atoms with E-state index in [2.05, 4.69) is 46.2 Å². The summed E-state index contributed by atoms with van der Waals surface area (Å²) >= 11 is 7.73. The standard InChI is InChI=1S/C16H18ClN3S/c1-3-18-15(14-5-4-12(17)8-11(14)2)9-13-10-20-6-7-21-16(20)19-13/h4-8,10,15,18H,3,9H2,1-2H3. The summed E-state index contributed by atoms with van der Waals surface area (Å²) in [5, 5.41) is 6.39. The van der Waals surface area contributed by atoms with Crippen LogP contribution in [0.15, 0.2) is 36.0 Å². The quantitative estimate of drug-likeness (QED) is 0.761. The molecule has 21 heavy (non-hydrogen) atoms. The van der Waals surface area contributed by atoms with Crippen LogP contribution in [0.1, 0.15) is 29.8 Å². The fourth-order valence-electron chi connectivity index (χ4n) is 2.65. The van der Waals surface area contributed by atoms with Crippen LogP contribution in [0.4, 0.5) is 0 Å². The number of fused-ring (bicyclic) bond motifs is 1. The first-order valence-electron chi connectivity index (χ1n) is 7.08. The maximum Gasteiger partial charge on any atom is 0.193 e. The van der Waals surface area contributed by atoms with Gasteiger partial charge in [0.15, 0.2) is 4.96 Å². The van der Waals surface area contributed by atoms with Crippen LogP contribution >= 0.6 is 22.9 Å². The Labute approximate surface area is 133 Å². The zero-order chi connectivity index (χ0) is 14.8. The van der Waals surface area contributed by atoms with Gasteiger partial charge in [-0.3, -0.25) is 4.40 Å². The molecule has 2 heterocycles. The predicted molar refractivity (Wildman–Crippen MR) is 89.4 cm³/mol. The van der Waals surface area contributed by atoms with Crippen LogP contribution in [-0.4, -0.2) is 15.9 Å². The van der Waals surface area contributed by atoms with E-state index in [0.717, 1.165) is 28.6 Å². The molecule has 1 unspecified atom stereocenters. The molecule has 5 heteroatoms. The van der Waals surface area contributed by atoms with Crippen molar-refractivity contribution in [1.82, 2.24) is 14.7 Å². The smallest absolute Gasteiger partial charge is 0.193 e. The molecule has 0 spiro atoms. The van der Waals surface area contributed by atoms with E-state index in [1.54, 1.807) is 11.3 Å². The summed E-state index contributed by atoms with van der Waals surface area (Å²) in [6.07, 6.45) is 5.04. The van der Waals surface area contributed by atoms with Gasteiger partial charge in [0, 0.05) is 35.3 Å². The van der Waals surface area contributed by atoms with Crippen molar-refractivity contribution in [2.75, 3.05) is 6.54 Å². The van der Waals surface area contributed by atoms with Gasteiger partial charge in [-0.25, -0.2) is 4.98 Å². The van der Waals surface area contributed by atoms with Gasteiger partial charge in [-0.1, -0.05) is 24.6 Å². The molecule has 0 saturated heterocycles. The molecule has 3 nitrogen and oxygen atoms in total. The zero-order valence-corrected chi connectivity index (χ0v) is 13.7. The average molecular weight is 320 g/mol. The predicted octanol–water partition coefficient (Wildman–Crippen LogP) is 4.25. The largest absolute Gasteiger partial charge is 0.310 e. The van der Waals surface area contributed by atoms with E-state index in [9.17, 15) is 0 Å². The maximum absolute atomic E-state index is 6.06. The number of aryl methyl sites for hydroxylation is 1. The van der Waals surface area contributed by atoms with Gasteiger partial charge in [-0.05, 0) is 36.7 Å². The maximum atomic E-state index is 6.06. The second-order valence-electron chi connectivity index (χ2n) is 5.14. The molecule has 0 amide bonds. The molecule has 3 aromatic rings. The van der Waals surface area contributed by atoms with Crippen molar-refractivity contribution < 1.29 is 0 Å². The Balaban J connectivity index is 1.88. The van der Waals surface area contributed by atoms with E-state index in [4.69, 9.17) is 11.6 Å². The third-order valence-corrected chi connectivity index (χ3v) is 4.62. The van der Waals surface area contributed by atoms with Crippen molar-refractivity contribution in [2.45, 2.75) is 26.3 Å². The topological polar surface area (TPSA) is 29.3 Å². The molecule has 1 N–H and O–H groups in total. The van der Waals surface area contributed by atoms with Crippen LogP contribution in [-0.2, 0) is 6.42 Å². The van der Waals surface area contributed by atoms with E-state index in [-0.39, 0.29) is 6.04 Å². The van der Waals surface area contributed by atoms with E-state index >= 15 is 0 Å². The van der Waals surface area contributed by atoms with Crippen molar-refractivity contribution in [3.8, 4) is 0 Å². The minimum atomic E-state index is 0.261. The highest BCUT2D eigenvalue weighted by molar-refractivity contribution is 7.15. The monoisotopic (exact) mass is 319 g/mol. The minimum absolute atomic E-state index is 0.261. The summed E-state index contributed by atoms with van der Waals surface area (Å²) in [5.74, 6) is 0. The molecule has 0 aliphatic carbocycles. The fourth-order valence-corrected chi connectivity index (χ4v) is 3.60. The first-order chi connectivity index (χ1) is 10.2. The average Bonchev–Trinajstić information content (AvgIpc) is 2.99. The second kappa shape index (κ2) is 6.18. The van der Waals surface area contributed by atoms with Gasteiger partial charge in [0.2, 0.25) is 0 Å². The number of nitrogens with zero attached hydrogens (tertiary/aromatic N) is 2. The van der Waals surface area contributed by atoms with Crippen molar-refractivity contribution in [2.24, 2.45) is 0 Å². The molecule has 0 fully saturated rings. The molecule has 110 valence electrons. The SMILES string of the molecule is CCNC(Cc1cn2ccsc2n1)c1ccc(Cl)cc1C. The lowest BCUT2D eigenvalue weighted by molar-refractivity contribution is 0.543. The van der Waals surface area contributed by atoms with Crippen LogP contribution in [0.5, 0.6) is 0 Å². The van der Waals surface area contributed by atoms with Gasteiger partial charge in [0.05, 0.1) is 5.69 Å². The highest BCUT2D eigenvalue weighted by atomic mass is 35.5. The van der Waals surface area contributed by atoms with E-state index < -0.39 is 0 Å². The molecule has 0 saturated carbocycles. The van der Waals surface area contributed by atoms with Crippen LogP contribution in [0.3, 0.4) is 0 Å². The molecule has 0 bridgehead atoms. The van der Waals surface area contributed by atoms with Gasteiger partial charge in [-0.2, -0.15) is 0 Å². The van der Waals surface area contributed by atoms with E-state index in [1.807, 2.05) is 18.3 Å². The Kier molecular flexibility index (Phi) is 4.29. The minimum Gasteiger partial charge on any atom is -0.310 e. The number of halogens is 1. The van der Waals surface area contributed by atoms with Crippen molar-refractivity contribution in [1.29, 1.82) is 0 Å². The highest BCUT2D eigenvalue weighted by Crippen LogP contribution is 2.25. The molecule has 0 radical (unpaired) electrons. The molecular weight excluding hydrogens is 302 g/mol. The number of thiazole rings is 1. The zero-order valence-electron chi connectivity index (χ0n) is 12.1. The van der Waals surface area contributed by atoms with Crippen molar-refractivity contribution >= 4 is 27.9 Å². The number of rotatable bonds is 5. The normalized spacial score (nSPS) is 12.9. The lowest BCUT2D eigenvalue weighted by Crippen LogP contribution is -2.23. The number of nitrogens with one attached hydrogen (secondary N) is 1. The first-order valence-corrected chi connectivity index (χ1v) is 8.33. The molecule has 2 aromatic heterocycles. The number of hydrogen-bond acceptors (Lipinski definition) is 3. The molecule has 1 aromatic carbocycles. The Morgan fingerprint density at radius 2 is 2.29 bits per heavy atom. The fraction of sp³-hybridized carbons (Fsp3) is 0.312. The summed E-state index contributed by atoms with van der Waals surface area (Å²) in [6.45, 7) is 5.16. The Bertz CT molecular complexity index is 718. The van der Waals surface area contributed by atoms with Gasteiger partial charge < -0.3 is 5.32 Å². The van der Waals surface area contributed by atoms with Gasteiger partial charge in [0.25, 0.3) is 0 Å². The summed E-state index contributed by atoms with van der Waals surface area (Å²) in [4.78, 5) is 5.73. The number of imidazole rings is 1. The molecular formula is C16H18ClN3S. The summed E-state index contributed by atoms with van der Waals surface area (Å²) in [5.41, 5.74) is 3.62. The molecule has 0 aliphatic rings. The number of benzene rings is 1. The lowest BCUT2D eigenvalue weighted by Gasteiger charge is -2.19. The Hall–Kier alpha value is -1.36. The summed E-state index contributed by atoms with van der Waals surface area (Å²) in [6, 6.07) is 6.35. The lowest BCUT2D eigenvalue weighted by atomic mass is 9.97. The summed E-state index contributed by atoms with van der Waals surface area (Å²) in [7, 11) is 0. The van der Waals surface area contributed by atoms with Crippen LogP contribution in [0.2, 0.25) is 5.02 Å². The molecule has 3 rings (SSSR count). The van der Waals surface area contributed by atoms with Gasteiger partial charge in [-0.15, -0.1) is 11.3 Å². The molecule has 0 aliphatic heterocycles. The van der Waals surface area contributed by atoms with Crippen LogP contribution < -0.4 is 5.32 Å². The van der Waals surface area contributed by atoms with E-state index in [0.29, 0.717) is 0 Å². The first kappa shape index (κ1) is 14.6.